The average Bonchev–Trinajstić information content (AvgIpc) is 3.28. The molecular formula is C16H24N2O3. The first-order valence-electron chi connectivity index (χ1n) is 7.47. The van der Waals surface area contributed by atoms with Crippen LogP contribution in [0.2, 0.25) is 0 Å². The van der Waals surface area contributed by atoms with Crippen LogP contribution in [0.4, 0.5) is 11.4 Å². The van der Waals surface area contributed by atoms with Crippen LogP contribution >= 0.6 is 0 Å². The van der Waals surface area contributed by atoms with Crippen molar-refractivity contribution in [3.8, 4) is 0 Å². The molecule has 0 bridgehead atoms. The van der Waals surface area contributed by atoms with Crippen LogP contribution in [-0.2, 0) is 9.47 Å². The molecule has 1 aromatic rings. The van der Waals surface area contributed by atoms with E-state index < -0.39 is 0 Å². The van der Waals surface area contributed by atoms with Crippen molar-refractivity contribution in [3.63, 3.8) is 0 Å². The molecule has 0 amide bonds. The fourth-order valence-corrected chi connectivity index (χ4v) is 2.03. The molecule has 0 atom stereocenters. The van der Waals surface area contributed by atoms with Crippen LogP contribution in [-0.4, -0.2) is 39.4 Å². The van der Waals surface area contributed by atoms with Crippen molar-refractivity contribution in [2.75, 3.05) is 44.0 Å². The first-order chi connectivity index (χ1) is 10.1. The van der Waals surface area contributed by atoms with E-state index in [9.17, 15) is 4.79 Å². The van der Waals surface area contributed by atoms with Gasteiger partial charge in [0.1, 0.15) is 0 Å². The highest BCUT2D eigenvalue weighted by Crippen LogP contribution is 2.28. The van der Waals surface area contributed by atoms with Gasteiger partial charge in [-0.25, -0.2) is 4.79 Å². The highest BCUT2D eigenvalue weighted by atomic mass is 16.5. The van der Waals surface area contributed by atoms with E-state index in [0.29, 0.717) is 24.5 Å². The molecule has 0 heterocycles. The van der Waals surface area contributed by atoms with E-state index in [4.69, 9.17) is 15.2 Å². The molecule has 2 rings (SSSR count). The maximum Gasteiger partial charge on any atom is 0.340 e. The topological polar surface area (TPSA) is 64.8 Å². The maximum atomic E-state index is 11.8. The van der Waals surface area contributed by atoms with E-state index in [2.05, 4.69) is 4.90 Å². The van der Waals surface area contributed by atoms with Crippen molar-refractivity contribution in [2.45, 2.75) is 19.8 Å². The molecule has 5 heteroatoms. The maximum absolute atomic E-state index is 11.8. The lowest BCUT2D eigenvalue weighted by molar-refractivity contribution is 0.0527. The predicted molar refractivity (Wildman–Crippen MR) is 83.6 cm³/mol. The van der Waals surface area contributed by atoms with Gasteiger partial charge in [0.25, 0.3) is 0 Å². The number of anilines is 2. The quantitative estimate of drug-likeness (QED) is 0.452. The van der Waals surface area contributed by atoms with Gasteiger partial charge in [-0.15, -0.1) is 0 Å². The summed E-state index contributed by atoms with van der Waals surface area (Å²) in [7, 11) is 1.97. The number of rotatable bonds is 8. The van der Waals surface area contributed by atoms with Gasteiger partial charge in [0.2, 0.25) is 0 Å². The zero-order chi connectivity index (χ0) is 15.2. The standard InChI is InChI=1S/C16H24N2O3/c1-3-21-16(19)14-10-13(6-7-15(14)17)18(2)8-9-20-11-12-4-5-12/h6-7,10,12H,3-5,8-9,11,17H2,1-2H3. The van der Waals surface area contributed by atoms with E-state index in [1.165, 1.54) is 12.8 Å². The van der Waals surface area contributed by atoms with Gasteiger partial charge < -0.3 is 20.1 Å². The van der Waals surface area contributed by atoms with Crippen LogP contribution in [0.15, 0.2) is 18.2 Å². The largest absolute Gasteiger partial charge is 0.462 e. The summed E-state index contributed by atoms with van der Waals surface area (Å²) >= 11 is 0. The van der Waals surface area contributed by atoms with E-state index >= 15 is 0 Å². The molecular weight excluding hydrogens is 268 g/mol. The lowest BCUT2D eigenvalue weighted by atomic mass is 10.1. The molecule has 0 aliphatic heterocycles. The van der Waals surface area contributed by atoms with Gasteiger partial charge in [0, 0.05) is 31.6 Å². The number of esters is 1. The molecule has 21 heavy (non-hydrogen) atoms. The van der Waals surface area contributed by atoms with Gasteiger partial charge in [-0.05, 0) is 43.9 Å². The van der Waals surface area contributed by atoms with Crippen LogP contribution in [0.5, 0.6) is 0 Å². The lowest BCUT2D eigenvalue weighted by Crippen LogP contribution is -2.23. The van der Waals surface area contributed by atoms with Gasteiger partial charge in [-0.2, -0.15) is 0 Å². The number of hydrogen-bond acceptors (Lipinski definition) is 5. The highest BCUT2D eigenvalue weighted by Gasteiger charge is 2.21. The first kappa shape index (κ1) is 15.6. The monoisotopic (exact) mass is 292 g/mol. The van der Waals surface area contributed by atoms with Crippen LogP contribution in [0.25, 0.3) is 0 Å². The number of ether oxygens (including phenoxy) is 2. The predicted octanol–water partition coefficient (Wildman–Crippen LogP) is 2.31. The molecule has 0 unspecified atom stereocenters. The van der Waals surface area contributed by atoms with Gasteiger partial charge in [-0.3, -0.25) is 0 Å². The third-order valence-electron chi connectivity index (χ3n) is 3.59. The summed E-state index contributed by atoms with van der Waals surface area (Å²) in [6, 6.07) is 5.41. The number of nitrogens with two attached hydrogens (primary N) is 1. The molecule has 0 aromatic heterocycles. The highest BCUT2D eigenvalue weighted by molar-refractivity contribution is 5.96. The van der Waals surface area contributed by atoms with Crippen molar-refractivity contribution in [1.82, 2.24) is 0 Å². The Bertz CT molecular complexity index is 486. The molecule has 1 fully saturated rings. The first-order valence-corrected chi connectivity index (χ1v) is 7.47. The number of nitrogen functional groups attached to an aromatic ring is 1. The minimum absolute atomic E-state index is 0.341. The molecule has 116 valence electrons. The lowest BCUT2D eigenvalue weighted by Gasteiger charge is -2.20. The number of likely N-dealkylation sites (N-methyl/N-ethyl adjacent to an activating group) is 1. The number of nitrogens with zero attached hydrogens (tertiary/aromatic N) is 1. The van der Waals surface area contributed by atoms with Crippen molar-refractivity contribution in [1.29, 1.82) is 0 Å². The van der Waals surface area contributed by atoms with Crippen molar-refractivity contribution < 1.29 is 14.3 Å². The van der Waals surface area contributed by atoms with E-state index in [1.807, 2.05) is 13.1 Å². The molecule has 1 aliphatic carbocycles. The molecule has 0 spiro atoms. The van der Waals surface area contributed by atoms with Crippen molar-refractivity contribution >= 4 is 17.3 Å². The molecule has 2 N–H and O–H groups in total. The molecule has 1 aliphatic rings. The number of hydrogen-bond donors (Lipinski definition) is 1. The van der Waals surface area contributed by atoms with Crippen LogP contribution < -0.4 is 10.6 Å². The minimum Gasteiger partial charge on any atom is -0.462 e. The number of carbonyl (C=O) groups is 1. The smallest absolute Gasteiger partial charge is 0.340 e. The summed E-state index contributed by atoms with van der Waals surface area (Å²) in [5.74, 6) is 0.400. The second kappa shape index (κ2) is 7.31. The Balaban J connectivity index is 1.91. The number of carbonyl (C=O) groups excluding carboxylic acids is 1. The summed E-state index contributed by atoms with van der Waals surface area (Å²) in [4.78, 5) is 13.9. The SMILES string of the molecule is CCOC(=O)c1cc(N(C)CCOCC2CC2)ccc1N. The fourth-order valence-electron chi connectivity index (χ4n) is 2.03. The Kier molecular flexibility index (Phi) is 5.44. The van der Waals surface area contributed by atoms with Gasteiger partial charge >= 0.3 is 5.97 Å². The molecule has 5 nitrogen and oxygen atoms in total. The van der Waals surface area contributed by atoms with Crippen LogP contribution in [0.3, 0.4) is 0 Å². The Hall–Kier alpha value is -1.75. The molecule has 1 aromatic carbocycles. The zero-order valence-electron chi connectivity index (χ0n) is 12.8. The summed E-state index contributed by atoms with van der Waals surface area (Å²) in [5.41, 5.74) is 7.63. The molecule has 0 saturated heterocycles. The third kappa shape index (κ3) is 4.63. The normalized spacial score (nSPS) is 14.0. The summed E-state index contributed by atoms with van der Waals surface area (Å²) < 4.78 is 10.6. The summed E-state index contributed by atoms with van der Waals surface area (Å²) in [5, 5.41) is 0. The Morgan fingerprint density at radius 1 is 1.43 bits per heavy atom. The Morgan fingerprint density at radius 2 is 2.19 bits per heavy atom. The van der Waals surface area contributed by atoms with Gasteiger partial charge in [0.15, 0.2) is 0 Å². The van der Waals surface area contributed by atoms with Crippen molar-refractivity contribution in [2.24, 2.45) is 5.92 Å². The van der Waals surface area contributed by atoms with Crippen LogP contribution in [0, 0.1) is 5.92 Å². The van der Waals surface area contributed by atoms with E-state index in [0.717, 1.165) is 24.8 Å². The third-order valence-corrected chi connectivity index (χ3v) is 3.59. The average molecular weight is 292 g/mol. The Labute approximate surface area is 126 Å². The Morgan fingerprint density at radius 3 is 2.86 bits per heavy atom. The van der Waals surface area contributed by atoms with E-state index in [1.54, 1.807) is 19.1 Å². The van der Waals surface area contributed by atoms with Gasteiger partial charge in [0.05, 0.1) is 18.8 Å². The minimum atomic E-state index is -0.379. The van der Waals surface area contributed by atoms with E-state index in [-0.39, 0.29) is 5.97 Å². The fraction of sp³-hybridized carbons (Fsp3) is 0.562. The second-order valence-electron chi connectivity index (χ2n) is 5.43. The second-order valence-corrected chi connectivity index (χ2v) is 5.43. The van der Waals surface area contributed by atoms with Crippen molar-refractivity contribution in [3.05, 3.63) is 23.8 Å². The molecule has 0 radical (unpaired) electrons. The van der Waals surface area contributed by atoms with Gasteiger partial charge in [-0.1, -0.05) is 0 Å². The van der Waals surface area contributed by atoms with Crippen LogP contribution in [0.1, 0.15) is 30.1 Å². The summed E-state index contributed by atoms with van der Waals surface area (Å²) in [6.45, 7) is 4.45. The number of benzene rings is 1. The summed E-state index contributed by atoms with van der Waals surface area (Å²) in [6.07, 6.45) is 2.60. The zero-order valence-corrected chi connectivity index (χ0v) is 12.8. The molecule has 1 saturated carbocycles.